The SMILES string of the molecule is COc1ccc(C=C2SC(=S)N(CCC(=O)Nc3cc(C)on3)C2=O)cc1OC. The minimum Gasteiger partial charge on any atom is -0.493 e. The molecule has 1 aliphatic heterocycles. The third kappa shape index (κ3) is 4.96. The highest BCUT2D eigenvalue weighted by Crippen LogP contribution is 2.34. The van der Waals surface area contributed by atoms with Gasteiger partial charge in [0.05, 0.1) is 19.1 Å². The van der Waals surface area contributed by atoms with E-state index in [1.54, 1.807) is 45.4 Å². The van der Waals surface area contributed by atoms with Gasteiger partial charge in [0.25, 0.3) is 5.91 Å². The Hall–Kier alpha value is -2.85. The second-order valence-corrected chi connectivity index (χ2v) is 7.74. The lowest BCUT2D eigenvalue weighted by atomic mass is 10.2. The summed E-state index contributed by atoms with van der Waals surface area (Å²) >= 11 is 6.50. The standard InChI is InChI=1S/C19H19N3O5S2/c1-11-8-16(21-27-11)20-17(23)6-7-22-18(24)15(29-19(22)28)10-12-4-5-13(25-2)14(9-12)26-3/h4-5,8-10H,6-7H2,1-3H3,(H,20,21,23). The second-order valence-electron chi connectivity index (χ2n) is 6.07. The first-order valence-corrected chi connectivity index (χ1v) is 9.84. The number of hydrogen-bond acceptors (Lipinski definition) is 8. The van der Waals surface area contributed by atoms with Crippen molar-refractivity contribution in [2.75, 3.05) is 26.1 Å². The second kappa shape index (κ2) is 9.10. The minimum absolute atomic E-state index is 0.0853. The summed E-state index contributed by atoms with van der Waals surface area (Å²) in [6, 6.07) is 6.98. The highest BCUT2D eigenvalue weighted by atomic mass is 32.2. The summed E-state index contributed by atoms with van der Waals surface area (Å²) in [6.07, 6.45) is 1.82. The van der Waals surface area contributed by atoms with Crippen LogP contribution in [0.4, 0.5) is 5.82 Å². The van der Waals surface area contributed by atoms with Gasteiger partial charge in [0.1, 0.15) is 10.1 Å². The fourth-order valence-electron chi connectivity index (χ4n) is 2.63. The van der Waals surface area contributed by atoms with Crippen LogP contribution in [0.15, 0.2) is 33.7 Å². The summed E-state index contributed by atoms with van der Waals surface area (Å²) in [7, 11) is 3.11. The molecule has 0 aliphatic carbocycles. The molecular weight excluding hydrogens is 414 g/mol. The predicted molar refractivity (Wildman–Crippen MR) is 114 cm³/mol. The molecule has 1 aromatic carbocycles. The first-order valence-electron chi connectivity index (χ1n) is 8.62. The number of thiocarbonyl (C=S) groups is 1. The third-order valence-corrected chi connectivity index (χ3v) is 5.41. The summed E-state index contributed by atoms with van der Waals surface area (Å²) in [6.45, 7) is 1.91. The number of amides is 2. The number of rotatable bonds is 7. The molecule has 10 heteroatoms. The van der Waals surface area contributed by atoms with Crippen molar-refractivity contribution in [3.05, 3.63) is 40.5 Å². The number of benzene rings is 1. The predicted octanol–water partition coefficient (Wildman–Crippen LogP) is 3.23. The van der Waals surface area contributed by atoms with Gasteiger partial charge in [-0.05, 0) is 30.7 Å². The van der Waals surface area contributed by atoms with E-state index in [4.69, 9.17) is 26.2 Å². The monoisotopic (exact) mass is 433 g/mol. The average Bonchev–Trinajstić information content (AvgIpc) is 3.22. The van der Waals surface area contributed by atoms with Gasteiger partial charge in [-0.1, -0.05) is 35.2 Å². The third-order valence-electron chi connectivity index (χ3n) is 4.04. The average molecular weight is 434 g/mol. The zero-order chi connectivity index (χ0) is 21.0. The van der Waals surface area contributed by atoms with Crippen molar-refractivity contribution >= 4 is 52.0 Å². The van der Waals surface area contributed by atoms with E-state index in [9.17, 15) is 9.59 Å². The van der Waals surface area contributed by atoms with Crippen molar-refractivity contribution in [2.24, 2.45) is 0 Å². The van der Waals surface area contributed by atoms with E-state index in [-0.39, 0.29) is 24.8 Å². The molecule has 1 aromatic heterocycles. The number of anilines is 1. The van der Waals surface area contributed by atoms with Gasteiger partial charge >= 0.3 is 0 Å². The Morgan fingerprint density at radius 1 is 1.31 bits per heavy atom. The number of nitrogens with zero attached hydrogens (tertiary/aromatic N) is 2. The number of methoxy groups -OCH3 is 2. The number of hydrogen-bond donors (Lipinski definition) is 1. The molecule has 0 spiro atoms. The van der Waals surface area contributed by atoms with Crippen LogP contribution in [0.1, 0.15) is 17.7 Å². The summed E-state index contributed by atoms with van der Waals surface area (Å²) in [4.78, 5) is 26.7. The fraction of sp³-hybridized carbons (Fsp3) is 0.263. The van der Waals surface area contributed by atoms with Gasteiger partial charge < -0.3 is 19.3 Å². The van der Waals surface area contributed by atoms with Crippen LogP contribution in [-0.2, 0) is 9.59 Å². The smallest absolute Gasteiger partial charge is 0.266 e. The number of thioether (sulfide) groups is 1. The molecule has 152 valence electrons. The number of carbonyl (C=O) groups excluding carboxylic acids is 2. The minimum atomic E-state index is -0.281. The van der Waals surface area contributed by atoms with Gasteiger partial charge in [0.2, 0.25) is 5.91 Å². The largest absolute Gasteiger partial charge is 0.493 e. The van der Waals surface area contributed by atoms with E-state index in [0.29, 0.717) is 32.3 Å². The van der Waals surface area contributed by atoms with E-state index >= 15 is 0 Å². The summed E-state index contributed by atoms with van der Waals surface area (Å²) in [5.74, 6) is 1.59. The number of aryl methyl sites for hydroxylation is 1. The fourth-order valence-corrected chi connectivity index (χ4v) is 3.94. The van der Waals surface area contributed by atoms with Crippen molar-refractivity contribution in [2.45, 2.75) is 13.3 Å². The van der Waals surface area contributed by atoms with Crippen LogP contribution in [0.25, 0.3) is 6.08 Å². The van der Waals surface area contributed by atoms with Gasteiger partial charge in [0.15, 0.2) is 17.3 Å². The van der Waals surface area contributed by atoms with Gasteiger partial charge in [-0.15, -0.1) is 0 Å². The molecule has 0 saturated carbocycles. The molecule has 1 aliphatic rings. The molecule has 3 rings (SSSR count). The summed E-state index contributed by atoms with van der Waals surface area (Å²) < 4.78 is 15.8. The number of carbonyl (C=O) groups is 2. The number of ether oxygens (including phenoxy) is 2. The van der Waals surface area contributed by atoms with Crippen LogP contribution >= 0.6 is 24.0 Å². The Morgan fingerprint density at radius 3 is 2.72 bits per heavy atom. The number of aromatic nitrogens is 1. The first kappa shape index (κ1) is 20.9. The van der Waals surface area contributed by atoms with E-state index in [1.807, 2.05) is 6.07 Å². The summed E-state index contributed by atoms with van der Waals surface area (Å²) in [5, 5.41) is 6.32. The lowest BCUT2D eigenvalue weighted by Crippen LogP contribution is -2.31. The molecule has 2 amide bonds. The lowest BCUT2D eigenvalue weighted by molar-refractivity contribution is -0.122. The molecule has 0 bridgehead atoms. The van der Waals surface area contributed by atoms with Crippen LogP contribution in [0.5, 0.6) is 11.5 Å². The van der Waals surface area contributed by atoms with Crippen molar-refractivity contribution in [3.63, 3.8) is 0 Å². The molecule has 29 heavy (non-hydrogen) atoms. The van der Waals surface area contributed by atoms with E-state index in [1.165, 1.54) is 16.7 Å². The molecule has 1 fully saturated rings. The molecular formula is C19H19N3O5S2. The van der Waals surface area contributed by atoms with Crippen molar-refractivity contribution in [3.8, 4) is 11.5 Å². The van der Waals surface area contributed by atoms with Crippen molar-refractivity contribution in [1.82, 2.24) is 10.1 Å². The molecule has 2 aromatic rings. The van der Waals surface area contributed by atoms with Gasteiger partial charge in [-0.2, -0.15) is 0 Å². The van der Waals surface area contributed by atoms with Crippen molar-refractivity contribution < 1.29 is 23.6 Å². The zero-order valence-corrected chi connectivity index (χ0v) is 17.7. The van der Waals surface area contributed by atoms with E-state index in [0.717, 1.165) is 5.56 Å². The Balaban J connectivity index is 1.64. The molecule has 2 heterocycles. The van der Waals surface area contributed by atoms with Gasteiger partial charge in [-0.3, -0.25) is 14.5 Å². The Labute approximate surface area is 177 Å². The molecule has 0 radical (unpaired) electrons. The molecule has 8 nitrogen and oxygen atoms in total. The highest BCUT2D eigenvalue weighted by Gasteiger charge is 2.32. The van der Waals surface area contributed by atoms with Crippen LogP contribution in [-0.4, -0.2) is 47.0 Å². The highest BCUT2D eigenvalue weighted by molar-refractivity contribution is 8.26. The van der Waals surface area contributed by atoms with E-state index in [2.05, 4.69) is 10.5 Å². The summed E-state index contributed by atoms with van der Waals surface area (Å²) in [5.41, 5.74) is 0.780. The van der Waals surface area contributed by atoms with Gasteiger partial charge in [0, 0.05) is 19.0 Å². The maximum Gasteiger partial charge on any atom is 0.266 e. The Morgan fingerprint density at radius 2 is 2.07 bits per heavy atom. The lowest BCUT2D eigenvalue weighted by Gasteiger charge is -2.13. The molecule has 1 N–H and O–H groups in total. The van der Waals surface area contributed by atoms with Crippen LogP contribution < -0.4 is 14.8 Å². The normalized spacial score (nSPS) is 15.1. The Bertz CT molecular complexity index is 986. The van der Waals surface area contributed by atoms with Crippen LogP contribution in [0.2, 0.25) is 0 Å². The molecule has 0 unspecified atom stereocenters. The molecule has 1 saturated heterocycles. The number of nitrogens with one attached hydrogen (secondary N) is 1. The topological polar surface area (TPSA) is 93.9 Å². The zero-order valence-electron chi connectivity index (χ0n) is 16.1. The van der Waals surface area contributed by atoms with Crippen LogP contribution in [0.3, 0.4) is 0 Å². The van der Waals surface area contributed by atoms with Crippen molar-refractivity contribution in [1.29, 1.82) is 0 Å². The first-order chi connectivity index (χ1) is 13.9. The quantitative estimate of drug-likeness (QED) is 0.525. The van der Waals surface area contributed by atoms with E-state index < -0.39 is 0 Å². The molecule has 0 atom stereocenters. The Kier molecular flexibility index (Phi) is 6.55. The van der Waals surface area contributed by atoms with Gasteiger partial charge in [-0.25, -0.2) is 0 Å². The van der Waals surface area contributed by atoms with Crippen LogP contribution in [0, 0.1) is 6.92 Å². The maximum absolute atomic E-state index is 12.7. The maximum atomic E-state index is 12.7.